The van der Waals surface area contributed by atoms with Crippen molar-refractivity contribution in [2.45, 2.75) is 19.8 Å². The van der Waals surface area contributed by atoms with Crippen LogP contribution in [0.2, 0.25) is 0 Å². The van der Waals surface area contributed by atoms with Gasteiger partial charge in [-0.1, -0.05) is 0 Å². The average molecular weight is 450 g/mol. The molecule has 4 N–H and O–H groups in total. The van der Waals surface area contributed by atoms with Gasteiger partial charge in [0.2, 0.25) is 11.9 Å². The van der Waals surface area contributed by atoms with Crippen LogP contribution in [-0.4, -0.2) is 76.6 Å². The van der Waals surface area contributed by atoms with E-state index in [9.17, 15) is 4.79 Å². The Kier molecular flexibility index (Phi) is 5.99. The first-order valence-electron chi connectivity index (χ1n) is 11.6. The lowest BCUT2D eigenvalue weighted by atomic mass is 9.97. The van der Waals surface area contributed by atoms with Gasteiger partial charge in [-0.05, 0) is 49.6 Å². The minimum atomic E-state index is 0.145. The molecule has 1 aromatic carbocycles. The molecule has 1 amide bonds. The molecule has 3 aromatic rings. The molecule has 0 radical (unpaired) electrons. The summed E-state index contributed by atoms with van der Waals surface area (Å²) in [7, 11) is 0. The molecule has 10 heteroatoms. The monoisotopic (exact) mass is 449 g/mol. The zero-order chi connectivity index (χ0) is 22.8. The standard InChI is InChI=1S/C23H31N9O/c1-16(33)30-10-12-31(13-11-30)19-4-2-18(3-5-19)27-23-28-21-20(25-15-26-21)22(29-23)32-8-6-17(14-24)7-9-32/h2-5,15,17H,6-14,24H2,1H3,(H2,25,26,27,28,29). The number of imidazole rings is 1. The van der Waals surface area contributed by atoms with E-state index >= 15 is 0 Å². The quantitative estimate of drug-likeness (QED) is 0.541. The van der Waals surface area contributed by atoms with E-state index in [0.717, 1.165) is 87.0 Å². The van der Waals surface area contributed by atoms with E-state index in [1.165, 1.54) is 0 Å². The van der Waals surface area contributed by atoms with Crippen molar-refractivity contribution in [2.24, 2.45) is 11.7 Å². The minimum absolute atomic E-state index is 0.145. The van der Waals surface area contributed by atoms with E-state index in [4.69, 9.17) is 10.7 Å². The molecule has 2 aliphatic heterocycles. The van der Waals surface area contributed by atoms with Gasteiger partial charge in [0.15, 0.2) is 17.0 Å². The third-order valence-corrected chi connectivity index (χ3v) is 6.72. The van der Waals surface area contributed by atoms with Crippen LogP contribution in [0.5, 0.6) is 0 Å². The Balaban J connectivity index is 1.30. The molecule has 2 aromatic heterocycles. The number of nitrogens with two attached hydrogens (primary N) is 1. The van der Waals surface area contributed by atoms with Crippen molar-refractivity contribution in [1.82, 2.24) is 24.8 Å². The van der Waals surface area contributed by atoms with Crippen molar-refractivity contribution in [1.29, 1.82) is 0 Å². The Morgan fingerprint density at radius 1 is 1.06 bits per heavy atom. The molecular weight excluding hydrogens is 418 g/mol. The second-order valence-corrected chi connectivity index (χ2v) is 8.80. The molecule has 0 aliphatic carbocycles. The molecule has 33 heavy (non-hydrogen) atoms. The third-order valence-electron chi connectivity index (χ3n) is 6.72. The summed E-state index contributed by atoms with van der Waals surface area (Å²) in [4.78, 5) is 35.1. The number of piperidine rings is 1. The van der Waals surface area contributed by atoms with Gasteiger partial charge in [-0.25, -0.2) is 4.98 Å². The molecule has 10 nitrogen and oxygen atoms in total. The van der Waals surface area contributed by atoms with Gasteiger partial charge in [-0.3, -0.25) is 4.79 Å². The highest BCUT2D eigenvalue weighted by Crippen LogP contribution is 2.28. The van der Waals surface area contributed by atoms with Gasteiger partial charge < -0.3 is 30.7 Å². The predicted molar refractivity (Wildman–Crippen MR) is 130 cm³/mol. The third kappa shape index (κ3) is 4.56. The van der Waals surface area contributed by atoms with Crippen LogP contribution < -0.4 is 20.9 Å². The zero-order valence-electron chi connectivity index (χ0n) is 19.0. The summed E-state index contributed by atoms with van der Waals surface area (Å²) in [5.41, 5.74) is 9.45. The summed E-state index contributed by atoms with van der Waals surface area (Å²) in [6.45, 7) is 7.43. The highest BCUT2D eigenvalue weighted by atomic mass is 16.2. The van der Waals surface area contributed by atoms with E-state index in [2.05, 4.69) is 42.2 Å². The summed E-state index contributed by atoms with van der Waals surface area (Å²) < 4.78 is 0. The van der Waals surface area contributed by atoms with E-state index in [1.54, 1.807) is 13.3 Å². The number of nitrogens with zero attached hydrogens (tertiary/aromatic N) is 6. The predicted octanol–water partition coefficient (Wildman–Crippen LogP) is 1.94. The summed E-state index contributed by atoms with van der Waals surface area (Å²) in [5.74, 6) is 2.13. The van der Waals surface area contributed by atoms with Gasteiger partial charge in [0.1, 0.15) is 0 Å². The highest BCUT2D eigenvalue weighted by molar-refractivity contribution is 5.85. The molecular formula is C23H31N9O. The Morgan fingerprint density at radius 2 is 1.79 bits per heavy atom. The number of amides is 1. The van der Waals surface area contributed by atoms with Crippen molar-refractivity contribution in [2.75, 3.05) is 60.9 Å². The van der Waals surface area contributed by atoms with Gasteiger partial charge in [-0.2, -0.15) is 9.97 Å². The maximum atomic E-state index is 11.6. The van der Waals surface area contributed by atoms with Crippen LogP contribution in [0.4, 0.5) is 23.1 Å². The summed E-state index contributed by atoms with van der Waals surface area (Å²) in [6.07, 6.45) is 3.80. The molecule has 2 aliphatic rings. The number of nitrogens with one attached hydrogen (secondary N) is 2. The largest absolute Gasteiger partial charge is 0.368 e. The minimum Gasteiger partial charge on any atom is -0.368 e. The number of fused-ring (bicyclic) bond motifs is 1. The van der Waals surface area contributed by atoms with Crippen LogP contribution >= 0.6 is 0 Å². The van der Waals surface area contributed by atoms with E-state index in [1.807, 2.05) is 17.0 Å². The number of benzene rings is 1. The van der Waals surface area contributed by atoms with Crippen LogP contribution in [0.15, 0.2) is 30.6 Å². The topological polar surface area (TPSA) is 119 Å². The van der Waals surface area contributed by atoms with Crippen molar-refractivity contribution >= 4 is 40.2 Å². The SMILES string of the molecule is CC(=O)N1CCN(c2ccc(Nc3nc(N4CCC(CN)CC4)c4nc[nH]c4n3)cc2)CC1. The fraction of sp³-hybridized carbons (Fsp3) is 0.478. The first-order chi connectivity index (χ1) is 16.1. The number of anilines is 4. The maximum absolute atomic E-state index is 11.6. The molecule has 2 saturated heterocycles. The van der Waals surface area contributed by atoms with Crippen LogP contribution in [0.1, 0.15) is 19.8 Å². The van der Waals surface area contributed by atoms with Crippen molar-refractivity contribution < 1.29 is 4.79 Å². The smallest absolute Gasteiger partial charge is 0.231 e. The summed E-state index contributed by atoms with van der Waals surface area (Å²) >= 11 is 0. The van der Waals surface area contributed by atoms with Crippen LogP contribution in [0.25, 0.3) is 11.2 Å². The second kappa shape index (κ2) is 9.22. The highest BCUT2D eigenvalue weighted by Gasteiger charge is 2.23. The fourth-order valence-electron chi connectivity index (χ4n) is 4.64. The molecule has 0 bridgehead atoms. The molecule has 0 spiro atoms. The van der Waals surface area contributed by atoms with Gasteiger partial charge >= 0.3 is 0 Å². The van der Waals surface area contributed by atoms with Crippen LogP contribution in [0.3, 0.4) is 0 Å². The number of hydrogen-bond donors (Lipinski definition) is 3. The fourth-order valence-corrected chi connectivity index (χ4v) is 4.64. The van der Waals surface area contributed by atoms with Gasteiger partial charge in [0, 0.05) is 57.6 Å². The van der Waals surface area contributed by atoms with Crippen LogP contribution in [-0.2, 0) is 4.79 Å². The molecule has 174 valence electrons. The number of piperazine rings is 1. The lowest BCUT2D eigenvalue weighted by Crippen LogP contribution is -2.48. The number of hydrogen-bond acceptors (Lipinski definition) is 8. The Hall–Kier alpha value is -3.40. The van der Waals surface area contributed by atoms with E-state index in [-0.39, 0.29) is 5.91 Å². The number of aromatic nitrogens is 4. The number of aromatic amines is 1. The second-order valence-electron chi connectivity index (χ2n) is 8.80. The van der Waals surface area contributed by atoms with Gasteiger partial charge in [0.25, 0.3) is 0 Å². The molecule has 0 atom stereocenters. The van der Waals surface area contributed by atoms with Gasteiger partial charge in [0.05, 0.1) is 6.33 Å². The first-order valence-corrected chi connectivity index (χ1v) is 11.6. The lowest BCUT2D eigenvalue weighted by Gasteiger charge is -2.35. The lowest BCUT2D eigenvalue weighted by molar-refractivity contribution is -0.129. The maximum Gasteiger partial charge on any atom is 0.231 e. The Morgan fingerprint density at radius 3 is 2.45 bits per heavy atom. The number of carbonyl (C=O) groups is 1. The zero-order valence-corrected chi connectivity index (χ0v) is 19.0. The van der Waals surface area contributed by atoms with Crippen molar-refractivity contribution in [3.63, 3.8) is 0 Å². The first kappa shape index (κ1) is 21.4. The average Bonchev–Trinajstić information content (AvgIpc) is 3.33. The molecule has 0 unspecified atom stereocenters. The van der Waals surface area contributed by atoms with Crippen molar-refractivity contribution in [3.8, 4) is 0 Å². The molecule has 5 rings (SSSR count). The summed E-state index contributed by atoms with van der Waals surface area (Å²) in [6, 6.07) is 8.28. The summed E-state index contributed by atoms with van der Waals surface area (Å²) in [5, 5.41) is 3.35. The Labute approximate surface area is 193 Å². The molecule has 4 heterocycles. The van der Waals surface area contributed by atoms with Crippen molar-refractivity contribution in [3.05, 3.63) is 30.6 Å². The number of H-pyrrole nitrogens is 1. The van der Waals surface area contributed by atoms with Gasteiger partial charge in [-0.15, -0.1) is 0 Å². The normalized spacial score (nSPS) is 17.6. The molecule has 0 saturated carbocycles. The van der Waals surface area contributed by atoms with Crippen LogP contribution in [0, 0.1) is 5.92 Å². The molecule has 2 fully saturated rings. The number of carbonyl (C=O) groups excluding carboxylic acids is 1. The van der Waals surface area contributed by atoms with E-state index < -0.39 is 0 Å². The number of rotatable bonds is 5. The Bertz CT molecular complexity index is 1100. The van der Waals surface area contributed by atoms with E-state index in [0.29, 0.717) is 11.9 Å².